The van der Waals surface area contributed by atoms with Gasteiger partial charge in [-0.3, -0.25) is 4.79 Å². The average Bonchev–Trinajstić information content (AvgIpc) is 0.821. The van der Waals surface area contributed by atoms with Crippen molar-refractivity contribution >= 4 is 63.3 Å². The minimum atomic E-state index is -1.07. The Morgan fingerprint density at radius 3 is 0.850 bits per heavy atom. The number of carboxylic acid groups (broad SMARTS) is 2. The maximum Gasteiger partial charge on any atom is 0.408 e. The zero-order valence-corrected chi connectivity index (χ0v) is 85.9. The molecule has 0 saturated heterocycles. The van der Waals surface area contributed by atoms with E-state index in [1.807, 2.05) is 58.6 Å². The number of benzene rings is 3. The third-order valence-corrected chi connectivity index (χ3v) is 22.3. The molecular formula is C106H183N6O20P. The average molecular weight is 1890 g/mol. The van der Waals surface area contributed by atoms with Crippen molar-refractivity contribution in [2.45, 2.75) is 410 Å². The predicted octanol–water partition coefficient (Wildman–Crippen LogP) is 24.4. The number of ether oxygens (including phenoxy) is 7. The summed E-state index contributed by atoms with van der Waals surface area (Å²) in [6.45, 7) is 40.5. The van der Waals surface area contributed by atoms with Crippen molar-refractivity contribution in [3.8, 4) is 34.5 Å². The third kappa shape index (κ3) is 65.7. The molecule has 0 radical (unpaired) electrons. The van der Waals surface area contributed by atoms with Crippen molar-refractivity contribution in [3.63, 3.8) is 0 Å². The van der Waals surface area contributed by atoms with Crippen LogP contribution in [0.4, 0.5) is 14.4 Å². The number of carbonyl (C=O) groups is 9. The Labute approximate surface area is 805 Å². The van der Waals surface area contributed by atoms with Gasteiger partial charge in [0.2, 0.25) is 0 Å². The van der Waals surface area contributed by atoms with Crippen LogP contribution >= 0.6 is 9.18 Å². The molecule has 0 heterocycles. The fraction of sp³-hybridized carbons (Fsp3) is 0.689. The van der Waals surface area contributed by atoms with Gasteiger partial charge in [0.05, 0.1) is 1.28 Å². The second kappa shape index (κ2) is 84.0. The molecule has 0 aliphatic carbocycles. The van der Waals surface area contributed by atoms with Crippen LogP contribution in [0.1, 0.15) is 371 Å². The van der Waals surface area contributed by atoms with Crippen LogP contribution in [0.15, 0.2) is 92.6 Å². The van der Waals surface area contributed by atoms with Gasteiger partial charge in [0.15, 0.2) is 34.5 Å². The lowest BCUT2D eigenvalue weighted by atomic mass is 10.0. The number of nitrogens with two attached hydrogens (primary N) is 3. The van der Waals surface area contributed by atoms with Gasteiger partial charge < -0.3 is 86.7 Å². The maximum atomic E-state index is 13.5. The highest BCUT2D eigenvalue weighted by atomic mass is 31.0. The number of phenols is 2. The summed E-state index contributed by atoms with van der Waals surface area (Å²) in [5.41, 5.74) is 19.6. The Morgan fingerprint density at radius 2 is 0.586 bits per heavy atom. The van der Waals surface area contributed by atoms with E-state index in [2.05, 4.69) is 61.2 Å². The van der Waals surface area contributed by atoms with E-state index in [1.54, 1.807) is 73.6 Å². The quantitative estimate of drug-likeness (QED) is 0.00477. The number of para-hydroxylation sites is 3. The van der Waals surface area contributed by atoms with E-state index in [1.165, 1.54) is 242 Å². The standard InChI is InChI=1S/C39H62N2O8.C31H54N2O4.C21H36O2.C9H15NO4.C5H11NO2.CH5P/c1-8-11-12-13-14-15-16-17-18-19-20-21-22-24-31-25-23-26-32(48-36(42)33(29(4)5)40-38(44)46-27-9-2)35(31)49-37(43)34(30(6)7)41-39(45)47-28-10-3;1-6-7-8-9-10-11-12-13-14-15-16-17-18-20-25-21-19-22-26(36-30(34)27(32)23(2)3)29(25)37-31(35)28(33)24(4)5;1-2-3-4-5-6-7-8-9-10-11-12-13-14-16-19-17-15-18-20(22)21(19)23;1-4-5-14-9(13)10-7(6(2)3)8(11)12;1-3(2)4(6)5(7)8;1-2/h9-10,23,25-26,29-30,33-34H,2-3,8,11-22,24,27-28H2,1,4-7H3,(H,40,44)(H,41,45);19,21-24,27-28H,6-18,20,32-33H2,1-5H3;15,17-18,22-23H,2-14,16H2,1H3;4,6-7H,1,5H2,2-3H3,(H,10,13)(H,11,12);3-4H,6H2,1-2H3,(H,7,8);2H2,1H3/t33-,34-;27-,28-;;7-;4-;/m00.00./s1/i;;;;;2D. The van der Waals surface area contributed by atoms with Crippen molar-refractivity contribution in [3.05, 3.63) is 109 Å². The molecule has 3 aromatic rings. The van der Waals surface area contributed by atoms with Crippen molar-refractivity contribution in [2.24, 2.45) is 52.7 Å². The zero-order chi connectivity index (χ0) is 101. The molecule has 27 heteroatoms. The van der Waals surface area contributed by atoms with Gasteiger partial charge in [-0.05, 0) is 109 Å². The summed E-state index contributed by atoms with van der Waals surface area (Å²) < 4.78 is 43.8. The highest BCUT2D eigenvalue weighted by Crippen LogP contribution is 2.37. The fourth-order valence-corrected chi connectivity index (χ4v) is 13.6. The van der Waals surface area contributed by atoms with Crippen LogP contribution in [-0.2, 0) is 62.2 Å². The molecule has 0 aliphatic heterocycles. The number of nitrogens with one attached hydrogen (secondary N) is 3. The van der Waals surface area contributed by atoms with E-state index < -0.39 is 90.3 Å². The lowest BCUT2D eigenvalue weighted by Gasteiger charge is -2.23. The van der Waals surface area contributed by atoms with Gasteiger partial charge in [0.25, 0.3) is 0 Å². The molecule has 13 N–H and O–H groups in total. The molecule has 762 valence electrons. The first-order valence-corrected chi connectivity index (χ1v) is 51.0. The van der Waals surface area contributed by atoms with Gasteiger partial charge in [-0.2, -0.15) is 0 Å². The maximum absolute atomic E-state index is 13.5. The molecule has 0 aromatic heterocycles. The van der Waals surface area contributed by atoms with Crippen LogP contribution in [-0.4, -0.2) is 139 Å². The van der Waals surface area contributed by atoms with Crippen LogP contribution in [0.3, 0.4) is 0 Å². The molecule has 0 saturated carbocycles. The number of unbranched alkanes of at least 4 members (excludes halogenated alkanes) is 36. The third-order valence-electron chi connectivity index (χ3n) is 22.3. The van der Waals surface area contributed by atoms with Crippen molar-refractivity contribution < 1.29 is 96.7 Å². The molecule has 0 spiro atoms. The summed E-state index contributed by atoms with van der Waals surface area (Å²) in [5.74, 6) is -4.82. The van der Waals surface area contributed by atoms with E-state index in [0.717, 1.165) is 62.5 Å². The van der Waals surface area contributed by atoms with Gasteiger partial charge in [0, 0.05) is 0 Å². The number of carbonyl (C=O) groups excluding carboxylic acids is 7. The van der Waals surface area contributed by atoms with Gasteiger partial charge in [-0.25, -0.2) is 38.4 Å². The number of carboxylic acids is 2. The lowest BCUT2D eigenvalue weighted by Crippen LogP contribution is -2.47. The Kier molecular flexibility index (Phi) is 79.8. The first kappa shape index (κ1) is 126. The van der Waals surface area contributed by atoms with Crippen molar-refractivity contribution in [1.82, 2.24) is 16.0 Å². The Bertz CT molecular complexity index is 3620. The van der Waals surface area contributed by atoms with Crippen LogP contribution < -0.4 is 52.1 Å². The molecular weight excluding hydrogens is 1710 g/mol. The van der Waals surface area contributed by atoms with Crippen molar-refractivity contribution in [2.75, 3.05) is 26.5 Å². The number of amides is 3. The summed E-state index contributed by atoms with van der Waals surface area (Å²) in [5, 5.41) is 43.5. The van der Waals surface area contributed by atoms with Crippen LogP contribution in [0.5, 0.6) is 34.5 Å². The summed E-state index contributed by atoms with van der Waals surface area (Å²) in [6, 6.07) is 10.5. The minimum Gasteiger partial charge on any atom is -0.504 e. The minimum absolute atomic E-state index is 0.00260. The lowest BCUT2D eigenvalue weighted by molar-refractivity contribution is -0.141. The number of phenolic OH excluding ortho intramolecular Hbond substituents is 2. The molecule has 0 fully saturated rings. The van der Waals surface area contributed by atoms with E-state index in [4.69, 9.17) is 57.1 Å². The number of aliphatic carboxylic acids is 2. The molecule has 1 unspecified atom stereocenters. The topological polar surface area (TPSA) is 413 Å². The summed E-state index contributed by atoms with van der Waals surface area (Å²) in [7, 11) is 0.333. The largest absolute Gasteiger partial charge is 0.504 e. The number of aryl methyl sites for hydroxylation is 3. The Morgan fingerprint density at radius 1 is 0.346 bits per heavy atom. The number of alkyl carbamates (subject to hydrolysis) is 3. The second-order valence-electron chi connectivity index (χ2n) is 36.2. The highest BCUT2D eigenvalue weighted by molar-refractivity contribution is 7.15. The first-order valence-electron chi connectivity index (χ1n) is 50.5. The Balaban J connectivity index is -0.00000176. The molecule has 0 aliphatic rings. The van der Waals surface area contributed by atoms with Gasteiger partial charge in [-0.1, -0.05) is 416 Å². The number of aromatic hydroxyl groups is 2. The fourth-order valence-electron chi connectivity index (χ4n) is 13.6. The van der Waals surface area contributed by atoms with Crippen LogP contribution in [0.2, 0.25) is 0 Å². The molecule has 7 atom stereocenters. The molecule has 0 bridgehead atoms. The molecule has 133 heavy (non-hydrogen) atoms. The number of hydrogen-bond acceptors (Lipinski definition) is 21. The molecule has 3 aromatic carbocycles. The highest BCUT2D eigenvalue weighted by Gasteiger charge is 2.33. The van der Waals surface area contributed by atoms with E-state index in [9.17, 15) is 53.4 Å². The summed E-state index contributed by atoms with van der Waals surface area (Å²) >= 11 is 0. The summed E-state index contributed by atoms with van der Waals surface area (Å²) in [4.78, 5) is 108. The first-order chi connectivity index (χ1) is 63.9. The normalized spacial score (nSPS) is 12.4. The van der Waals surface area contributed by atoms with E-state index in [0.29, 0.717) is 21.2 Å². The Hall–Kier alpha value is -8.58. The van der Waals surface area contributed by atoms with Crippen molar-refractivity contribution in [1.29, 1.82) is 1.28 Å². The second-order valence-corrected chi connectivity index (χ2v) is 36.2. The van der Waals surface area contributed by atoms with E-state index in [-0.39, 0.29) is 89.8 Å². The van der Waals surface area contributed by atoms with Crippen LogP contribution in [0, 0.1) is 35.5 Å². The zero-order valence-electron chi connectivity index (χ0n) is 85.9. The van der Waals surface area contributed by atoms with Gasteiger partial charge in [-0.15, -0.1) is 9.18 Å². The number of hydrogen-bond donors (Lipinski definition) is 10. The summed E-state index contributed by atoms with van der Waals surface area (Å²) in [6.07, 6.45) is 54.3. The van der Waals surface area contributed by atoms with Gasteiger partial charge in [0.1, 0.15) is 56.1 Å². The molecule has 3 rings (SSSR count). The smallest absolute Gasteiger partial charge is 0.408 e. The molecule has 26 nitrogen and oxygen atoms in total. The number of esters is 4. The van der Waals surface area contributed by atoms with E-state index >= 15 is 0 Å². The number of rotatable bonds is 67. The van der Waals surface area contributed by atoms with Gasteiger partial charge >= 0.3 is 54.1 Å². The predicted molar refractivity (Wildman–Crippen MR) is 543 cm³/mol. The monoisotopic (exact) mass is 1890 g/mol. The molecule has 3 amide bonds. The van der Waals surface area contributed by atoms with Crippen LogP contribution in [0.25, 0.3) is 0 Å². The SMILES string of the molecule is C=CCOC(=O)N[C@H](C(=O)O)C(C)C.C=CCOC(=O)N[C@H](C(=O)Oc1cccc(CCCCCCCCCCCCCCC)c1OC(=O)[C@@H](NC(=O)OCC=C)C(C)C)C(C)C.CC(C)[C@H](N)C(=O)O.CCCCCCCCCCCCCCCc1cccc(O)c1O.CCCCCCCCCCCCCCCc1cccc(OC(=O)[C@@H](N)C(C)C)c1OC(=O)[C@@H](N)C(C)C.[2H]PC.